The van der Waals surface area contributed by atoms with E-state index in [4.69, 9.17) is 0 Å². The molecule has 0 unspecified atom stereocenters. The molecule has 2 amide bonds. The third kappa shape index (κ3) is 4.29. The van der Waals surface area contributed by atoms with Crippen molar-refractivity contribution in [2.45, 2.75) is 6.42 Å². The van der Waals surface area contributed by atoms with Crippen LogP contribution in [-0.4, -0.2) is 27.5 Å². The Balaban J connectivity index is 1.42. The van der Waals surface area contributed by atoms with Crippen LogP contribution in [0, 0.1) is 0 Å². The van der Waals surface area contributed by atoms with Crippen molar-refractivity contribution >= 4 is 23.0 Å². The molecule has 138 valence electrons. The molecule has 2 aromatic heterocycles. The van der Waals surface area contributed by atoms with Gasteiger partial charge in [-0.1, -0.05) is 60.7 Å². The molecule has 0 radical (unpaired) electrons. The first-order valence-corrected chi connectivity index (χ1v) is 9.06. The van der Waals surface area contributed by atoms with Gasteiger partial charge in [-0.3, -0.25) is 10.3 Å². The number of aromatic nitrogens is 3. The highest BCUT2D eigenvalue weighted by Crippen LogP contribution is 2.19. The summed E-state index contributed by atoms with van der Waals surface area (Å²) in [5.41, 5.74) is 4.05. The van der Waals surface area contributed by atoms with Crippen LogP contribution < -0.4 is 10.6 Å². The van der Waals surface area contributed by atoms with Crippen LogP contribution in [0.1, 0.15) is 5.56 Å². The number of pyridine rings is 1. The standard InChI is InChI=1S/C22H19N5O/c28-22(23-14-13-16-7-3-1-4-8-16)27-20-12-11-18-21(26-20)25-19(15-24-18)17-9-5-2-6-10-17/h1-12,15H,13-14H2,(H2,23,25,26,27,28). The van der Waals surface area contributed by atoms with Crippen LogP contribution in [0.15, 0.2) is 79.0 Å². The van der Waals surface area contributed by atoms with Crippen molar-refractivity contribution in [3.8, 4) is 11.3 Å². The number of benzene rings is 2. The number of anilines is 1. The van der Waals surface area contributed by atoms with Gasteiger partial charge >= 0.3 is 6.03 Å². The number of carbonyl (C=O) groups is 1. The number of urea groups is 1. The van der Waals surface area contributed by atoms with Crippen LogP contribution in [0.5, 0.6) is 0 Å². The third-order valence-electron chi connectivity index (χ3n) is 4.26. The fourth-order valence-corrected chi connectivity index (χ4v) is 2.84. The molecule has 0 aliphatic carbocycles. The number of nitrogens with one attached hydrogen (secondary N) is 2. The van der Waals surface area contributed by atoms with E-state index in [2.05, 4.69) is 25.6 Å². The molecule has 0 spiro atoms. The summed E-state index contributed by atoms with van der Waals surface area (Å²) in [6.45, 7) is 0.543. The van der Waals surface area contributed by atoms with Crippen LogP contribution in [0.2, 0.25) is 0 Å². The molecular formula is C22H19N5O. The van der Waals surface area contributed by atoms with Crippen molar-refractivity contribution in [3.63, 3.8) is 0 Å². The van der Waals surface area contributed by atoms with Gasteiger partial charge in [0.05, 0.1) is 11.9 Å². The van der Waals surface area contributed by atoms with E-state index < -0.39 is 0 Å². The first-order chi connectivity index (χ1) is 13.8. The van der Waals surface area contributed by atoms with Crippen molar-refractivity contribution in [3.05, 3.63) is 84.6 Å². The number of hydrogen-bond donors (Lipinski definition) is 2. The van der Waals surface area contributed by atoms with E-state index in [1.54, 1.807) is 18.3 Å². The Bertz CT molecular complexity index is 1080. The van der Waals surface area contributed by atoms with Crippen LogP contribution in [-0.2, 0) is 6.42 Å². The zero-order chi connectivity index (χ0) is 19.2. The molecular weight excluding hydrogens is 350 g/mol. The van der Waals surface area contributed by atoms with Crippen molar-refractivity contribution in [1.29, 1.82) is 0 Å². The van der Waals surface area contributed by atoms with Gasteiger partial charge in [0.15, 0.2) is 5.65 Å². The molecule has 2 N–H and O–H groups in total. The lowest BCUT2D eigenvalue weighted by Crippen LogP contribution is -2.30. The van der Waals surface area contributed by atoms with E-state index in [0.29, 0.717) is 23.5 Å². The second kappa shape index (κ2) is 8.26. The van der Waals surface area contributed by atoms with E-state index in [1.165, 1.54) is 5.56 Å². The summed E-state index contributed by atoms with van der Waals surface area (Å²) in [6, 6.07) is 23.0. The maximum atomic E-state index is 12.1. The van der Waals surface area contributed by atoms with Crippen molar-refractivity contribution in [2.75, 3.05) is 11.9 Å². The van der Waals surface area contributed by atoms with Crippen LogP contribution in [0.3, 0.4) is 0 Å². The average molecular weight is 369 g/mol. The Morgan fingerprint density at radius 3 is 2.39 bits per heavy atom. The van der Waals surface area contributed by atoms with Gasteiger partial charge < -0.3 is 5.32 Å². The topological polar surface area (TPSA) is 79.8 Å². The minimum atomic E-state index is -0.296. The molecule has 0 aliphatic rings. The predicted octanol–water partition coefficient (Wildman–Crippen LogP) is 4.06. The maximum absolute atomic E-state index is 12.1. The van der Waals surface area contributed by atoms with Crippen LogP contribution >= 0.6 is 0 Å². The van der Waals surface area contributed by atoms with E-state index >= 15 is 0 Å². The van der Waals surface area contributed by atoms with E-state index in [9.17, 15) is 4.79 Å². The Hall–Kier alpha value is -3.80. The number of fused-ring (bicyclic) bond motifs is 1. The first-order valence-electron chi connectivity index (χ1n) is 9.06. The molecule has 0 bridgehead atoms. The summed E-state index contributed by atoms with van der Waals surface area (Å²) in [4.78, 5) is 25.5. The predicted molar refractivity (Wildman–Crippen MR) is 110 cm³/mol. The average Bonchev–Trinajstić information content (AvgIpc) is 2.74. The summed E-state index contributed by atoms with van der Waals surface area (Å²) >= 11 is 0. The number of carbonyl (C=O) groups excluding carboxylic acids is 1. The maximum Gasteiger partial charge on any atom is 0.320 e. The van der Waals surface area contributed by atoms with E-state index in [1.807, 2.05) is 60.7 Å². The lowest BCUT2D eigenvalue weighted by atomic mass is 10.1. The van der Waals surface area contributed by atoms with Gasteiger partial charge in [0, 0.05) is 12.1 Å². The summed E-state index contributed by atoms with van der Waals surface area (Å²) in [5, 5.41) is 5.59. The van der Waals surface area contributed by atoms with Gasteiger partial charge in [-0.25, -0.2) is 14.8 Å². The van der Waals surface area contributed by atoms with Gasteiger partial charge in [0.1, 0.15) is 11.3 Å². The van der Waals surface area contributed by atoms with Crippen molar-refractivity contribution in [2.24, 2.45) is 0 Å². The normalized spacial score (nSPS) is 10.6. The first kappa shape index (κ1) is 17.6. The Kier molecular flexibility index (Phi) is 5.20. The third-order valence-corrected chi connectivity index (χ3v) is 4.26. The minimum Gasteiger partial charge on any atom is -0.337 e. The molecule has 0 saturated carbocycles. The van der Waals surface area contributed by atoms with Crippen molar-refractivity contribution in [1.82, 2.24) is 20.3 Å². The summed E-state index contributed by atoms with van der Waals surface area (Å²) in [7, 11) is 0. The quantitative estimate of drug-likeness (QED) is 0.556. The molecule has 6 nitrogen and oxygen atoms in total. The highest BCUT2D eigenvalue weighted by molar-refractivity contribution is 5.89. The van der Waals surface area contributed by atoms with E-state index in [0.717, 1.165) is 17.7 Å². The Morgan fingerprint density at radius 1 is 0.857 bits per heavy atom. The summed E-state index contributed by atoms with van der Waals surface area (Å²) in [6.07, 6.45) is 2.49. The van der Waals surface area contributed by atoms with Crippen LogP contribution in [0.4, 0.5) is 10.6 Å². The fourth-order valence-electron chi connectivity index (χ4n) is 2.84. The lowest BCUT2D eigenvalue weighted by Gasteiger charge is -2.08. The van der Waals surface area contributed by atoms with Crippen molar-refractivity contribution < 1.29 is 4.79 Å². The number of hydrogen-bond acceptors (Lipinski definition) is 4. The lowest BCUT2D eigenvalue weighted by molar-refractivity contribution is 0.252. The molecule has 0 atom stereocenters. The molecule has 4 rings (SSSR count). The Labute approximate surface area is 162 Å². The largest absolute Gasteiger partial charge is 0.337 e. The molecule has 2 aromatic carbocycles. The molecule has 6 heteroatoms. The monoisotopic (exact) mass is 369 g/mol. The molecule has 28 heavy (non-hydrogen) atoms. The van der Waals surface area contributed by atoms with Gasteiger partial charge in [-0.2, -0.15) is 0 Å². The highest BCUT2D eigenvalue weighted by Gasteiger charge is 2.07. The molecule has 0 saturated heterocycles. The smallest absolute Gasteiger partial charge is 0.320 e. The molecule has 0 fully saturated rings. The second-order valence-corrected chi connectivity index (χ2v) is 6.28. The number of nitrogens with zero attached hydrogens (tertiary/aromatic N) is 3. The molecule has 2 heterocycles. The SMILES string of the molecule is O=C(NCCc1ccccc1)Nc1ccc2ncc(-c3ccccc3)nc2n1. The fraction of sp³-hybridized carbons (Fsp3) is 0.0909. The van der Waals surface area contributed by atoms with Gasteiger partial charge in [0.2, 0.25) is 0 Å². The Morgan fingerprint density at radius 2 is 1.61 bits per heavy atom. The highest BCUT2D eigenvalue weighted by atomic mass is 16.2. The number of rotatable bonds is 5. The van der Waals surface area contributed by atoms with Gasteiger partial charge in [-0.15, -0.1) is 0 Å². The van der Waals surface area contributed by atoms with Gasteiger partial charge in [-0.05, 0) is 24.1 Å². The zero-order valence-electron chi connectivity index (χ0n) is 15.2. The molecule has 4 aromatic rings. The summed E-state index contributed by atoms with van der Waals surface area (Å²) in [5.74, 6) is 0.434. The van der Waals surface area contributed by atoms with E-state index in [-0.39, 0.29) is 6.03 Å². The van der Waals surface area contributed by atoms with Crippen LogP contribution in [0.25, 0.3) is 22.4 Å². The van der Waals surface area contributed by atoms with Gasteiger partial charge in [0.25, 0.3) is 0 Å². The minimum absolute atomic E-state index is 0.296. The second-order valence-electron chi connectivity index (χ2n) is 6.28. The summed E-state index contributed by atoms with van der Waals surface area (Å²) < 4.78 is 0. The number of amides is 2. The zero-order valence-corrected chi connectivity index (χ0v) is 15.2. The molecule has 0 aliphatic heterocycles.